The summed E-state index contributed by atoms with van der Waals surface area (Å²) >= 11 is 0. The Balaban J connectivity index is 1.96. The van der Waals surface area contributed by atoms with Crippen molar-refractivity contribution >= 4 is 17.5 Å². The topological polar surface area (TPSA) is 111 Å². The van der Waals surface area contributed by atoms with Gasteiger partial charge < -0.3 is 20.1 Å². The molecule has 0 saturated carbocycles. The van der Waals surface area contributed by atoms with E-state index >= 15 is 0 Å². The van der Waals surface area contributed by atoms with Crippen LogP contribution in [0.15, 0.2) is 18.5 Å². The molecule has 3 heterocycles. The van der Waals surface area contributed by atoms with E-state index in [1.807, 2.05) is 0 Å². The first-order valence-corrected chi connectivity index (χ1v) is 6.90. The van der Waals surface area contributed by atoms with E-state index in [0.29, 0.717) is 18.5 Å². The number of nitro groups is 1. The van der Waals surface area contributed by atoms with E-state index < -0.39 is 16.7 Å². The van der Waals surface area contributed by atoms with Gasteiger partial charge in [0.25, 0.3) is 0 Å². The van der Waals surface area contributed by atoms with Crippen molar-refractivity contribution in [2.24, 2.45) is 0 Å². The Morgan fingerprint density at radius 1 is 1.48 bits per heavy atom. The number of carbonyl (C=O) groups excluding carboxylic acids is 1. The predicted molar refractivity (Wildman–Crippen MR) is 71.4 cm³/mol. The zero-order valence-electron chi connectivity index (χ0n) is 11.3. The Morgan fingerprint density at radius 2 is 2.29 bits per heavy atom. The van der Waals surface area contributed by atoms with Crippen LogP contribution in [0.2, 0.25) is 0 Å². The highest BCUT2D eigenvalue weighted by Gasteiger charge is 2.49. The second kappa shape index (κ2) is 4.87. The molecule has 8 nitrogen and oxygen atoms in total. The molecule has 2 aliphatic heterocycles. The van der Waals surface area contributed by atoms with Gasteiger partial charge in [0.2, 0.25) is 0 Å². The van der Waals surface area contributed by atoms with E-state index in [-0.39, 0.29) is 11.7 Å². The van der Waals surface area contributed by atoms with Gasteiger partial charge in [0.1, 0.15) is 23.6 Å². The quantitative estimate of drug-likeness (QED) is 0.659. The van der Waals surface area contributed by atoms with Gasteiger partial charge in [-0.2, -0.15) is 0 Å². The molecule has 1 N–H and O–H groups in total. The maximum absolute atomic E-state index is 11.5. The van der Waals surface area contributed by atoms with E-state index in [4.69, 9.17) is 0 Å². The van der Waals surface area contributed by atoms with Crippen LogP contribution < -0.4 is 10.4 Å². The molecular formula is C13H15N4O4-. The minimum Gasteiger partial charge on any atom is -0.530 e. The van der Waals surface area contributed by atoms with Crippen LogP contribution >= 0.6 is 0 Å². The third-order valence-corrected chi connectivity index (χ3v) is 4.41. The summed E-state index contributed by atoms with van der Waals surface area (Å²) in [7, 11) is 0. The molecule has 2 unspecified atom stereocenters. The third kappa shape index (κ3) is 2.16. The van der Waals surface area contributed by atoms with E-state index in [9.17, 15) is 20.0 Å². The molecule has 0 radical (unpaired) electrons. The number of piperidine rings is 1. The Morgan fingerprint density at radius 3 is 3.00 bits per heavy atom. The average molecular weight is 291 g/mol. The molecule has 2 fully saturated rings. The second-order valence-electron chi connectivity index (χ2n) is 5.53. The van der Waals surface area contributed by atoms with Crippen LogP contribution in [0.3, 0.4) is 0 Å². The molecule has 1 amide bonds. The number of aromatic nitrogens is 1. The van der Waals surface area contributed by atoms with Crippen LogP contribution in [0, 0.1) is 10.1 Å². The van der Waals surface area contributed by atoms with Crippen molar-refractivity contribution in [1.82, 2.24) is 9.88 Å². The van der Waals surface area contributed by atoms with Crippen LogP contribution in [-0.4, -0.2) is 32.6 Å². The molecule has 0 spiro atoms. The standard InChI is InChI=1S/C13H16N4O4/c18-12(19)16-9-2-1-5-13(16,6-3-9)15-10-4-7-14-8-11(10)17(20)21/h4,7-9H,1-3,5-6H2,(H,14,15)(H,18,19)/p-1. The Kier molecular flexibility index (Phi) is 3.15. The van der Waals surface area contributed by atoms with Crippen LogP contribution in [0.4, 0.5) is 16.2 Å². The van der Waals surface area contributed by atoms with Gasteiger partial charge in [0.05, 0.1) is 4.92 Å². The third-order valence-electron chi connectivity index (χ3n) is 4.41. The molecule has 1 aromatic heterocycles. The number of carboxylic acid groups (broad SMARTS) is 1. The van der Waals surface area contributed by atoms with E-state index in [2.05, 4.69) is 10.3 Å². The Labute approximate surface area is 120 Å². The smallest absolute Gasteiger partial charge is 0.310 e. The van der Waals surface area contributed by atoms with Gasteiger partial charge in [-0.1, -0.05) is 0 Å². The molecular weight excluding hydrogens is 276 g/mol. The van der Waals surface area contributed by atoms with Gasteiger partial charge in [-0.15, -0.1) is 0 Å². The lowest BCUT2D eigenvalue weighted by Crippen LogP contribution is -2.61. The van der Waals surface area contributed by atoms with Crippen molar-refractivity contribution in [1.29, 1.82) is 0 Å². The molecule has 2 aliphatic rings. The molecule has 21 heavy (non-hydrogen) atoms. The number of amides is 1. The zero-order chi connectivity index (χ0) is 15.0. The molecule has 1 aromatic rings. The van der Waals surface area contributed by atoms with Crippen molar-refractivity contribution < 1.29 is 14.8 Å². The van der Waals surface area contributed by atoms with Crippen molar-refractivity contribution in [3.8, 4) is 0 Å². The maximum atomic E-state index is 11.5. The molecule has 112 valence electrons. The lowest BCUT2D eigenvalue weighted by atomic mass is 9.96. The minimum atomic E-state index is -1.22. The number of fused-ring (bicyclic) bond motifs is 2. The lowest BCUT2D eigenvalue weighted by molar-refractivity contribution is -0.384. The van der Waals surface area contributed by atoms with Gasteiger partial charge >= 0.3 is 5.69 Å². The SMILES string of the molecule is O=C([O-])N1C2CCCC1(Nc1ccncc1[N+](=O)[O-])CC2. The highest BCUT2D eigenvalue weighted by molar-refractivity contribution is 5.68. The highest BCUT2D eigenvalue weighted by Crippen LogP contribution is 2.45. The van der Waals surface area contributed by atoms with Gasteiger partial charge in [0, 0.05) is 12.2 Å². The van der Waals surface area contributed by atoms with E-state index in [0.717, 1.165) is 25.5 Å². The summed E-state index contributed by atoms with van der Waals surface area (Å²) in [4.78, 5) is 27.1. The van der Waals surface area contributed by atoms with E-state index in [1.165, 1.54) is 17.2 Å². The molecule has 2 bridgehead atoms. The van der Waals surface area contributed by atoms with Crippen molar-refractivity contribution in [2.75, 3.05) is 5.32 Å². The molecule has 3 rings (SSSR count). The minimum absolute atomic E-state index is 0.0582. The van der Waals surface area contributed by atoms with Gasteiger partial charge in [0.15, 0.2) is 0 Å². The largest absolute Gasteiger partial charge is 0.530 e. The number of nitrogens with one attached hydrogen (secondary N) is 1. The molecule has 0 aliphatic carbocycles. The first-order valence-electron chi connectivity index (χ1n) is 6.90. The summed E-state index contributed by atoms with van der Waals surface area (Å²) in [5.74, 6) is 0. The number of anilines is 1. The fourth-order valence-electron chi connectivity index (χ4n) is 3.55. The second-order valence-corrected chi connectivity index (χ2v) is 5.53. The first kappa shape index (κ1) is 13.6. The number of rotatable bonds is 3. The molecule has 2 atom stereocenters. The summed E-state index contributed by atoms with van der Waals surface area (Å²) in [5.41, 5.74) is -0.656. The fourth-order valence-corrected chi connectivity index (χ4v) is 3.55. The Hall–Kier alpha value is -2.38. The molecule has 0 aromatic carbocycles. The van der Waals surface area contributed by atoms with Gasteiger partial charge in [-0.25, -0.2) is 0 Å². The van der Waals surface area contributed by atoms with Crippen molar-refractivity contribution in [3.63, 3.8) is 0 Å². The monoisotopic (exact) mass is 291 g/mol. The molecule has 8 heteroatoms. The summed E-state index contributed by atoms with van der Waals surface area (Å²) in [6, 6.07) is 1.44. The summed E-state index contributed by atoms with van der Waals surface area (Å²) in [5, 5.41) is 25.6. The summed E-state index contributed by atoms with van der Waals surface area (Å²) in [6.07, 6.45) is 5.10. The number of hydrogen-bond acceptors (Lipinski definition) is 6. The number of hydrogen-bond donors (Lipinski definition) is 1. The summed E-state index contributed by atoms with van der Waals surface area (Å²) in [6.45, 7) is 0. The van der Waals surface area contributed by atoms with Gasteiger partial charge in [-0.3, -0.25) is 15.1 Å². The average Bonchev–Trinajstić information content (AvgIpc) is 2.66. The summed E-state index contributed by atoms with van der Waals surface area (Å²) < 4.78 is 0. The number of nitrogens with zero attached hydrogens (tertiary/aromatic N) is 3. The maximum Gasteiger partial charge on any atom is 0.310 e. The van der Waals surface area contributed by atoms with Gasteiger partial charge in [-0.05, 0) is 38.2 Å². The predicted octanol–water partition coefficient (Wildman–Crippen LogP) is 1.09. The lowest BCUT2D eigenvalue weighted by Gasteiger charge is -2.47. The van der Waals surface area contributed by atoms with Crippen molar-refractivity contribution in [2.45, 2.75) is 43.8 Å². The van der Waals surface area contributed by atoms with Crippen LogP contribution in [0.5, 0.6) is 0 Å². The van der Waals surface area contributed by atoms with Crippen LogP contribution in [0.25, 0.3) is 0 Å². The molecule has 2 saturated heterocycles. The van der Waals surface area contributed by atoms with Crippen LogP contribution in [-0.2, 0) is 0 Å². The zero-order valence-corrected chi connectivity index (χ0v) is 11.3. The Bertz CT molecular complexity index is 589. The normalized spacial score (nSPS) is 27.4. The fraction of sp³-hybridized carbons (Fsp3) is 0.538. The number of pyridine rings is 1. The number of carbonyl (C=O) groups is 1. The van der Waals surface area contributed by atoms with Crippen molar-refractivity contribution in [3.05, 3.63) is 28.6 Å². The van der Waals surface area contributed by atoms with E-state index in [1.54, 1.807) is 0 Å². The highest BCUT2D eigenvalue weighted by atomic mass is 16.6. The first-order chi connectivity index (χ1) is 10.0. The van der Waals surface area contributed by atoms with Crippen LogP contribution in [0.1, 0.15) is 32.1 Å².